The van der Waals surface area contributed by atoms with E-state index in [0.29, 0.717) is 17.6 Å². The summed E-state index contributed by atoms with van der Waals surface area (Å²) in [6.07, 6.45) is 1.38. The summed E-state index contributed by atoms with van der Waals surface area (Å²) in [4.78, 5) is 16.8. The molecule has 0 saturated carbocycles. The number of imidazole rings is 1. The van der Waals surface area contributed by atoms with Crippen molar-refractivity contribution in [3.63, 3.8) is 0 Å². The van der Waals surface area contributed by atoms with Crippen LogP contribution in [0.5, 0.6) is 0 Å². The van der Waals surface area contributed by atoms with E-state index in [0.717, 1.165) is 28.0 Å². The Hall–Kier alpha value is -2.52. The molecular weight excluding hydrogens is 334 g/mol. The van der Waals surface area contributed by atoms with Gasteiger partial charge >= 0.3 is 5.97 Å². The second kappa shape index (κ2) is 6.08. The van der Waals surface area contributed by atoms with Crippen molar-refractivity contribution in [3.05, 3.63) is 41.5 Å². The van der Waals surface area contributed by atoms with Crippen molar-refractivity contribution >= 4 is 34.4 Å². The highest BCUT2D eigenvalue weighted by molar-refractivity contribution is 8.00. The number of hydrogen-bond acceptors (Lipinski definition) is 5. The van der Waals surface area contributed by atoms with Crippen LogP contribution in [-0.2, 0) is 16.0 Å². The smallest absolute Gasteiger partial charge is 0.319 e. The van der Waals surface area contributed by atoms with Gasteiger partial charge in [0, 0.05) is 6.42 Å². The fraction of sp³-hybridized carbons (Fsp3) is 0.316. The largest absolute Gasteiger partial charge is 0.462 e. The molecule has 0 spiro atoms. The molecule has 25 heavy (non-hydrogen) atoms. The van der Waals surface area contributed by atoms with Crippen molar-refractivity contribution in [1.82, 2.24) is 9.38 Å². The van der Waals surface area contributed by atoms with Crippen LogP contribution in [0.25, 0.3) is 16.7 Å². The lowest BCUT2D eigenvalue weighted by Crippen LogP contribution is -2.11. The number of thioether (sulfide) groups is 1. The summed E-state index contributed by atoms with van der Waals surface area (Å²) >= 11 is 1.50. The summed E-state index contributed by atoms with van der Waals surface area (Å²) in [5.41, 5.74) is 4.00. The van der Waals surface area contributed by atoms with E-state index in [9.17, 15) is 10.1 Å². The van der Waals surface area contributed by atoms with E-state index in [1.54, 1.807) is 0 Å². The number of nitrogens with zero attached hydrogens (tertiary/aromatic N) is 3. The minimum Gasteiger partial charge on any atom is -0.462 e. The Morgan fingerprint density at radius 1 is 1.44 bits per heavy atom. The van der Waals surface area contributed by atoms with E-state index < -0.39 is 0 Å². The van der Waals surface area contributed by atoms with Gasteiger partial charge in [-0.25, -0.2) is 4.98 Å². The number of benzene rings is 1. The molecule has 1 aliphatic heterocycles. The van der Waals surface area contributed by atoms with Gasteiger partial charge < -0.3 is 4.74 Å². The summed E-state index contributed by atoms with van der Waals surface area (Å²) in [7, 11) is 0. The molecule has 6 heteroatoms. The van der Waals surface area contributed by atoms with Crippen molar-refractivity contribution in [1.29, 1.82) is 5.26 Å². The predicted molar refractivity (Wildman–Crippen MR) is 96.6 cm³/mol. The van der Waals surface area contributed by atoms with Gasteiger partial charge in [0.2, 0.25) is 0 Å². The number of hydrogen-bond donors (Lipinski definition) is 0. The first-order valence-electron chi connectivity index (χ1n) is 8.32. The van der Waals surface area contributed by atoms with E-state index in [2.05, 4.69) is 11.1 Å². The highest BCUT2D eigenvalue weighted by atomic mass is 32.2. The number of aryl methyl sites for hydroxylation is 1. The second-order valence-electron chi connectivity index (χ2n) is 6.20. The van der Waals surface area contributed by atoms with E-state index in [4.69, 9.17) is 4.74 Å². The number of ether oxygens (including phenoxy) is 1. The van der Waals surface area contributed by atoms with Crippen molar-refractivity contribution in [2.24, 2.45) is 0 Å². The molecule has 0 bridgehead atoms. The van der Waals surface area contributed by atoms with Gasteiger partial charge in [-0.3, -0.25) is 9.20 Å². The number of carbonyl (C=O) groups excluding carboxylic acids is 1. The van der Waals surface area contributed by atoms with Gasteiger partial charge in [-0.05, 0) is 37.1 Å². The number of nitriles is 1. The SMILES string of the molecule is CCc1cc(S[C@@H]2C[C@@H](C)OC2=O)n2c(nc3ccccc32)c1C#N. The zero-order valence-electron chi connectivity index (χ0n) is 14.0. The molecule has 0 N–H and O–H groups in total. The van der Waals surface area contributed by atoms with Gasteiger partial charge in [0.05, 0.1) is 21.6 Å². The third-order valence-corrected chi connectivity index (χ3v) is 5.72. The molecule has 1 aliphatic rings. The molecule has 0 unspecified atom stereocenters. The summed E-state index contributed by atoms with van der Waals surface area (Å²) in [5.74, 6) is -0.169. The number of cyclic esters (lactones) is 1. The highest BCUT2D eigenvalue weighted by Gasteiger charge is 2.33. The van der Waals surface area contributed by atoms with E-state index in [1.165, 1.54) is 11.8 Å². The van der Waals surface area contributed by atoms with Crippen LogP contribution in [0.1, 0.15) is 31.4 Å². The summed E-state index contributed by atoms with van der Waals surface area (Å²) in [6, 6.07) is 12.1. The van der Waals surface area contributed by atoms with E-state index in [-0.39, 0.29) is 17.3 Å². The first-order chi connectivity index (χ1) is 12.1. The number of fused-ring (bicyclic) bond motifs is 3. The molecule has 2 aromatic heterocycles. The number of esters is 1. The zero-order chi connectivity index (χ0) is 17.6. The maximum atomic E-state index is 12.1. The molecule has 5 nitrogen and oxygen atoms in total. The van der Waals surface area contributed by atoms with Crippen LogP contribution in [0, 0.1) is 11.3 Å². The van der Waals surface area contributed by atoms with Crippen LogP contribution in [-0.4, -0.2) is 26.7 Å². The Morgan fingerprint density at radius 2 is 2.24 bits per heavy atom. The minimum absolute atomic E-state index is 0.0518. The molecule has 126 valence electrons. The Bertz CT molecular complexity index is 1030. The number of carbonyl (C=O) groups is 1. The molecule has 3 aromatic rings. The normalized spacial score (nSPS) is 20.1. The minimum atomic E-state index is -0.225. The van der Waals surface area contributed by atoms with Gasteiger partial charge in [-0.1, -0.05) is 30.8 Å². The Labute approximate surface area is 149 Å². The molecule has 3 heterocycles. The average molecular weight is 351 g/mol. The predicted octanol–water partition coefficient (Wildman–Crippen LogP) is 3.72. The maximum Gasteiger partial charge on any atom is 0.319 e. The number of para-hydroxylation sites is 2. The van der Waals surface area contributed by atoms with Crippen LogP contribution < -0.4 is 0 Å². The van der Waals surface area contributed by atoms with Crippen molar-refractivity contribution in [2.45, 2.75) is 43.1 Å². The van der Waals surface area contributed by atoms with Gasteiger partial charge in [0.1, 0.15) is 17.4 Å². The Balaban J connectivity index is 1.96. The van der Waals surface area contributed by atoms with E-state index in [1.807, 2.05) is 48.6 Å². The second-order valence-corrected chi connectivity index (χ2v) is 7.42. The molecule has 1 aromatic carbocycles. The molecular formula is C19H17N3O2S. The monoisotopic (exact) mass is 351 g/mol. The van der Waals surface area contributed by atoms with Crippen molar-refractivity contribution in [2.75, 3.05) is 0 Å². The summed E-state index contributed by atoms with van der Waals surface area (Å²) in [5, 5.41) is 10.3. The molecule has 0 radical (unpaired) electrons. The lowest BCUT2D eigenvalue weighted by Gasteiger charge is -2.12. The molecule has 1 fully saturated rings. The molecule has 0 amide bonds. The number of aromatic nitrogens is 2. The lowest BCUT2D eigenvalue weighted by molar-refractivity contribution is -0.140. The number of pyridine rings is 1. The molecule has 4 rings (SSSR count). The zero-order valence-corrected chi connectivity index (χ0v) is 14.8. The summed E-state index contributed by atoms with van der Waals surface area (Å²) < 4.78 is 7.29. The molecule has 1 saturated heterocycles. The van der Waals surface area contributed by atoms with Crippen molar-refractivity contribution < 1.29 is 9.53 Å². The fourth-order valence-electron chi connectivity index (χ4n) is 3.30. The Kier molecular flexibility index (Phi) is 3.89. The van der Waals surface area contributed by atoms with Crippen LogP contribution in [0.4, 0.5) is 0 Å². The highest BCUT2D eigenvalue weighted by Crippen LogP contribution is 2.36. The standard InChI is InChI=1S/C19H17N3O2S/c1-3-12-9-17(25-16-8-11(2)24-19(16)23)22-15-7-5-4-6-14(15)21-18(22)13(12)10-20/h4-7,9,11,16H,3,8H2,1-2H3/t11-,16-/m1/s1. The molecule has 2 atom stereocenters. The lowest BCUT2D eigenvalue weighted by atomic mass is 10.1. The van der Waals surface area contributed by atoms with Crippen LogP contribution in [0.15, 0.2) is 35.4 Å². The Morgan fingerprint density at radius 3 is 2.92 bits per heavy atom. The van der Waals surface area contributed by atoms with Crippen LogP contribution in [0.2, 0.25) is 0 Å². The summed E-state index contributed by atoms with van der Waals surface area (Å²) in [6.45, 7) is 3.94. The van der Waals surface area contributed by atoms with Gasteiger partial charge in [-0.2, -0.15) is 5.26 Å². The van der Waals surface area contributed by atoms with Crippen LogP contribution in [0.3, 0.4) is 0 Å². The topological polar surface area (TPSA) is 67.4 Å². The van der Waals surface area contributed by atoms with Crippen molar-refractivity contribution in [3.8, 4) is 6.07 Å². The van der Waals surface area contributed by atoms with Gasteiger partial charge in [0.15, 0.2) is 5.65 Å². The molecule has 0 aliphatic carbocycles. The maximum absolute atomic E-state index is 12.1. The third-order valence-electron chi connectivity index (χ3n) is 4.51. The van der Waals surface area contributed by atoms with E-state index >= 15 is 0 Å². The average Bonchev–Trinajstić information content (AvgIpc) is 3.14. The van der Waals surface area contributed by atoms with Gasteiger partial charge in [0.25, 0.3) is 0 Å². The number of rotatable bonds is 3. The quantitative estimate of drug-likeness (QED) is 0.673. The third kappa shape index (κ3) is 2.56. The van der Waals surface area contributed by atoms with Gasteiger partial charge in [-0.15, -0.1) is 0 Å². The van der Waals surface area contributed by atoms with Crippen LogP contribution >= 0.6 is 11.8 Å². The fourth-order valence-corrected chi connectivity index (χ4v) is 4.61. The first kappa shape index (κ1) is 16.0. The first-order valence-corrected chi connectivity index (χ1v) is 9.20.